The number of nitrogens with zero attached hydrogens (tertiary/aromatic N) is 2. The molecule has 28 heavy (non-hydrogen) atoms. The number of benzene rings is 1. The van der Waals surface area contributed by atoms with Gasteiger partial charge in [0, 0.05) is 6.20 Å². The third-order valence-corrected chi connectivity index (χ3v) is 5.82. The molecule has 2 N–H and O–H groups in total. The van der Waals surface area contributed by atoms with Crippen LogP contribution in [-0.2, 0) is 10.0 Å². The lowest BCUT2D eigenvalue weighted by Crippen LogP contribution is -2.35. The zero-order chi connectivity index (χ0) is 20.3. The Labute approximate surface area is 173 Å². The number of aromatic nitrogens is 2. The van der Waals surface area contributed by atoms with E-state index in [1.807, 2.05) is 4.72 Å². The molecule has 3 rings (SSSR count). The standard InChI is InChI=1S/C17H12BrClN4O4S/c1-2-10-5-6-12(19)14(8-10)28(25,26)23-17(24)22-16-20-9-11(18)15(21-16)13-4-3-7-27-13/h2-9H,1H2,(H2,20,21,22,23,24). The maximum Gasteiger partial charge on any atom is 0.335 e. The molecule has 0 saturated heterocycles. The van der Waals surface area contributed by atoms with Crippen molar-refractivity contribution >= 4 is 55.6 Å². The first-order chi connectivity index (χ1) is 13.3. The molecular weight excluding hydrogens is 472 g/mol. The number of rotatable bonds is 5. The van der Waals surface area contributed by atoms with Crippen LogP contribution >= 0.6 is 27.5 Å². The molecule has 1 aromatic carbocycles. The van der Waals surface area contributed by atoms with E-state index in [0.29, 0.717) is 21.5 Å². The summed E-state index contributed by atoms with van der Waals surface area (Å²) in [5.41, 5.74) is 0.921. The molecule has 0 unspecified atom stereocenters. The Morgan fingerprint density at radius 2 is 2.11 bits per heavy atom. The van der Waals surface area contributed by atoms with Crippen molar-refractivity contribution in [1.29, 1.82) is 0 Å². The molecule has 11 heteroatoms. The Balaban J connectivity index is 1.81. The van der Waals surface area contributed by atoms with Crippen LogP contribution in [0.4, 0.5) is 10.7 Å². The van der Waals surface area contributed by atoms with Gasteiger partial charge in [-0.05, 0) is 45.8 Å². The van der Waals surface area contributed by atoms with Crippen molar-refractivity contribution < 1.29 is 17.6 Å². The summed E-state index contributed by atoms with van der Waals surface area (Å²) in [6, 6.07) is 6.61. The largest absolute Gasteiger partial charge is 0.463 e. The van der Waals surface area contributed by atoms with Gasteiger partial charge in [0.05, 0.1) is 15.8 Å². The van der Waals surface area contributed by atoms with Crippen LogP contribution in [0, 0.1) is 0 Å². The minimum absolute atomic E-state index is 0.0362. The summed E-state index contributed by atoms with van der Waals surface area (Å²) in [6.07, 6.45) is 4.33. The first kappa shape index (κ1) is 20.1. The van der Waals surface area contributed by atoms with Crippen molar-refractivity contribution in [2.45, 2.75) is 4.90 Å². The van der Waals surface area contributed by atoms with Crippen molar-refractivity contribution in [2.75, 3.05) is 5.32 Å². The normalized spacial score (nSPS) is 11.1. The fourth-order valence-electron chi connectivity index (χ4n) is 2.17. The van der Waals surface area contributed by atoms with Crippen molar-refractivity contribution in [1.82, 2.24) is 14.7 Å². The lowest BCUT2D eigenvalue weighted by molar-refractivity contribution is 0.256. The number of sulfonamides is 1. The molecule has 8 nitrogen and oxygen atoms in total. The summed E-state index contributed by atoms with van der Waals surface area (Å²) in [6.45, 7) is 3.57. The molecule has 3 aromatic rings. The molecule has 144 valence electrons. The van der Waals surface area contributed by atoms with Gasteiger partial charge in [0.2, 0.25) is 5.95 Å². The Kier molecular flexibility index (Phi) is 5.82. The highest BCUT2D eigenvalue weighted by molar-refractivity contribution is 9.10. The number of amides is 2. The number of halogens is 2. The van der Waals surface area contributed by atoms with Crippen molar-refractivity contribution in [3.63, 3.8) is 0 Å². The molecular formula is C17H12BrClN4O4S. The van der Waals surface area contributed by atoms with E-state index in [1.165, 1.54) is 30.7 Å². The highest BCUT2D eigenvalue weighted by Gasteiger charge is 2.22. The van der Waals surface area contributed by atoms with Crippen LogP contribution in [0.1, 0.15) is 5.56 Å². The van der Waals surface area contributed by atoms with Gasteiger partial charge in [-0.3, -0.25) is 5.32 Å². The molecule has 0 aliphatic carbocycles. The van der Waals surface area contributed by atoms with Gasteiger partial charge in [-0.25, -0.2) is 27.9 Å². The zero-order valence-electron chi connectivity index (χ0n) is 14.0. The lowest BCUT2D eigenvalue weighted by atomic mass is 10.2. The number of carbonyl (C=O) groups is 1. The maximum atomic E-state index is 12.5. The summed E-state index contributed by atoms with van der Waals surface area (Å²) in [5.74, 6) is 0.326. The minimum Gasteiger partial charge on any atom is -0.463 e. The van der Waals surface area contributed by atoms with Gasteiger partial charge in [-0.1, -0.05) is 30.3 Å². The fourth-order valence-corrected chi connectivity index (χ4v) is 4.00. The van der Waals surface area contributed by atoms with E-state index in [1.54, 1.807) is 18.2 Å². The molecule has 0 atom stereocenters. The summed E-state index contributed by atoms with van der Waals surface area (Å²) in [4.78, 5) is 20.0. The van der Waals surface area contributed by atoms with Crippen LogP contribution in [0.3, 0.4) is 0 Å². The van der Waals surface area contributed by atoms with Crippen molar-refractivity contribution in [2.24, 2.45) is 0 Å². The van der Waals surface area contributed by atoms with E-state index in [2.05, 4.69) is 37.8 Å². The van der Waals surface area contributed by atoms with Gasteiger partial charge in [0.25, 0.3) is 10.0 Å². The Morgan fingerprint density at radius 1 is 1.32 bits per heavy atom. The lowest BCUT2D eigenvalue weighted by Gasteiger charge is -2.10. The third-order valence-electron chi connectivity index (χ3n) is 3.43. The van der Waals surface area contributed by atoms with Crippen LogP contribution in [0.2, 0.25) is 5.02 Å². The van der Waals surface area contributed by atoms with E-state index in [9.17, 15) is 13.2 Å². The number of nitrogens with one attached hydrogen (secondary N) is 2. The van der Waals surface area contributed by atoms with E-state index < -0.39 is 16.1 Å². The topological polar surface area (TPSA) is 114 Å². The number of furan rings is 1. The Bertz CT molecular complexity index is 1150. The predicted octanol–water partition coefficient (Wildman–Crippen LogP) is 4.31. The van der Waals surface area contributed by atoms with Gasteiger partial charge in [0.15, 0.2) is 5.76 Å². The monoisotopic (exact) mass is 482 g/mol. The molecule has 0 bridgehead atoms. The molecule has 2 heterocycles. The number of hydrogen-bond acceptors (Lipinski definition) is 6. The molecule has 0 fully saturated rings. The summed E-state index contributed by atoms with van der Waals surface area (Å²) >= 11 is 9.24. The quantitative estimate of drug-likeness (QED) is 0.559. The average Bonchev–Trinajstić information content (AvgIpc) is 3.17. The highest BCUT2D eigenvalue weighted by atomic mass is 79.9. The molecule has 2 amide bonds. The van der Waals surface area contributed by atoms with Crippen molar-refractivity contribution in [3.8, 4) is 11.5 Å². The van der Waals surface area contributed by atoms with Gasteiger partial charge >= 0.3 is 6.03 Å². The number of hydrogen-bond donors (Lipinski definition) is 2. The van der Waals surface area contributed by atoms with E-state index in [4.69, 9.17) is 16.0 Å². The van der Waals surface area contributed by atoms with Gasteiger partial charge < -0.3 is 4.42 Å². The van der Waals surface area contributed by atoms with E-state index in [-0.39, 0.29) is 15.9 Å². The fraction of sp³-hybridized carbons (Fsp3) is 0. The van der Waals surface area contributed by atoms with Gasteiger partial charge in [-0.2, -0.15) is 0 Å². The minimum atomic E-state index is -4.23. The molecule has 0 aliphatic rings. The molecule has 0 aliphatic heterocycles. The summed E-state index contributed by atoms with van der Waals surface area (Å²) in [7, 11) is -4.23. The second kappa shape index (κ2) is 8.13. The van der Waals surface area contributed by atoms with E-state index in [0.717, 1.165) is 0 Å². The van der Waals surface area contributed by atoms with E-state index >= 15 is 0 Å². The average molecular weight is 484 g/mol. The molecule has 0 saturated carbocycles. The third kappa shape index (κ3) is 4.41. The molecule has 2 aromatic heterocycles. The number of carbonyl (C=O) groups excluding carboxylic acids is 1. The molecule has 0 spiro atoms. The highest BCUT2D eigenvalue weighted by Crippen LogP contribution is 2.27. The smallest absolute Gasteiger partial charge is 0.335 e. The maximum absolute atomic E-state index is 12.5. The second-order valence-electron chi connectivity index (χ2n) is 5.32. The first-order valence-corrected chi connectivity index (χ1v) is 10.3. The zero-order valence-corrected chi connectivity index (χ0v) is 17.2. The number of anilines is 1. The van der Waals surface area contributed by atoms with Crippen LogP contribution in [0.15, 0.2) is 63.2 Å². The molecule has 0 radical (unpaired) electrons. The summed E-state index contributed by atoms with van der Waals surface area (Å²) < 4.78 is 32.6. The van der Waals surface area contributed by atoms with Gasteiger partial charge in [-0.15, -0.1) is 0 Å². The summed E-state index contributed by atoms with van der Waals surface area (Å²) in [5, 5.41) is 2.23. The Morgan fingerprint density at radius 3 is 2.79 bits per heavy atom. The second-order valence-corrected chi connectivity index (χ2v) is 8.23. The predicted molar refractivity (Wildman–Crippen MR) is 108 cm³/mol. The van der Waals surface area contributed by atoms with Crippen LogP contribution < -0.4 is 10.0 Å². The SMILES string of the molecule is C=Cc1ccc(Cl)c(S(=O)(=O)NC(=O)Nc2ncc(Br)c(-c3ccco3)n2)c1. The van der Waals surface area contributed by atoms with Crippen LogP contribution in [-0.4, -0.2) is 24.4 Å². The van der Waals surface area contributed by atoms with Gasteiger partial charge in [0.1, 0.15) is 10.6 Å². The number of urea groups is 1. The van der Waals surface area contributed by atoms with Crippen LogP contribution in [0.5, 0.6) is 0 Å². The van der Waals surface area contributed by atoms with Crippen molar-refractivity contribution in [3.05, 3.63) is 64.4 Å². The Hall–Kier alpha value is -2.69. The van der Waals surface area contributed by atoms with Crippen LogP contribution in [0.25, 0.3) is 17.5 Å². The first-order valence-electron chi connectivity index (χ1n) is 7.62.